The van der Waals surface area contributed by atoms with E-state index in [1.807, 2.05) is 18.0 Å². The number of anilines is 1. The molecule has 5 rings (SSSR count). The van der Waals surface area contributed by atoms with E-state index in [0.717, 1.165) is 30.6 Å². The molecule has 0 amide bonds. The molecule has 6 nitrogen and oxygen atoms in total. The fourth-order valence-corrected chi connectivity index (χ4v) is 5.28. The quantitative estimate of drug-likeness (QED) is 0.678. The Labute approximate surface area is 176 Å². The number of halogens is 3. The van der Waals surface area contributed by atoms with Crippen molar-refractivity contribution in [2.75, 3.05) is 44.8 Å². The fraction of sp³-hybridized carbons (Fsp3) is 0.579. The average molecular weight is 472 g/mol. The van der Waals surface area contributed by atoms with Crippen molar-refractivity contribution in [1.29, 1.82) is 0 Å². The second-order valence-corrected chi connectivity index (χ2v) is 9.09. The van der Waals surface area contributed by atoms with E-state index < -0.39 is 6.17 Å². The van der Waals surface area contributed by atoms with Gasteiger partial charge in [-0.1, -0.05) is 11.6 Å². The van der Waals surface area contributed by atoms with Gasteiger partial charge in [0.15, 0.2) is 5.75 Å². The third-order valence-corrected chi connectivity index (χ3v) is 7.29. The lowest BCUT2D eigenvalue weighted by molar-refractivity contribution is 0.107. The maximum Gasteiger partial charge on any atom is 0.319 e. The Morgan fingerprint density at radius 3 is 3.14 bits per heavy atom. The Bertz CT molecular complexity index is 948. The Hall–Kier alpha value is -1.38. The van der Waals surface area contributed by atoms with Gasteiger partial charge in [-0.2, -0.15) is 9.97 Å². The molecular weight excluding hydrogens is 451 g/mol. The normalized spacial score (nSPS) is 27.0. The summed E-state index contributed by atoms with van der Waals surface area (Å²) in [4.78, 5) is 13.5. The number of nitrogens with zero attached hydrogens (tertiary/aromatic N) is 4. The molecule has 2 fully saturated rings. The Morgan fingerprint density at radius 1 is 1.43 bits per heavy atom. The van der Waals surface area contributed by atoms with Crippen LogP contribution in [0.4, 0.5) is 10.2 Å². The lowest BCUT2D eigenvalue weighted by Gasteiger charge is -2.31. The smallest absolute Gasteiger partial charge is 0.319 e. The maximum absolute atomic E-state index is 14.0. The van der Waals surface area contributed by atoms with E-state index in [1.165, 1.54) is 0 Å². The van der Waals surface area contributed by atoms with Crippen molar-refractivity contribution in [2.45, 2.75) is 31.0 Å². The van der Waals surface area contributed by atoms with Gasteiger partial charge in [-0.25, -0.2) is 4.39 Å². The van der Waals surface area contributed by atoms with Crippen LogP contribution < -0.4 is 14.4 Å². The lowest BCUT2D eigenvalue weighted by atomic mass is 9.95. The lowest BCUT2D eigenvalue weighted by Crippen LogP contribution is -2.43. The van der Waals surface area contributed by atoms with Crippen LogP contribution in [0.3, 0.4) is 0 Å². The van der Waals surface area contributed by atoms with E-state index in [0.29, 0.717) is 59.5 Å². The van der Waals surface area contributed by atoms with Crippen LogP contribution in [0.2, 0.25) is 5.02 Å². The highest BCUT2D eigenvalue weighted by atomic mass is 79.9. The molecule has 0 saturated carbocycles. The first kappa shape index (κ1) is 18.6. The van der Waals surface area contributed by atoms with Crippen LogP contribution in [0.15, 0.2) is 10.5 Å². The Morgan fingerprint density at radius 2 is 2.29 bits per heavy atom. The zero-order valence-electron chi connectivity index (χ0n) is 15.6. The SMILES string of the molecule is CN1CCOc2c(Cl)c(Br)cc3nc(OC[C@@]45CCCN4C[C@H](F)C5)nc1c23. The van der Waals surface area contributed by atoms with Crippen molar-refractivity contribution in [3.8, 4) is 11.8 Å². The van der Waals surface area contributed by atoms with Crippen LogP contribution in [0.1, 0.15) is 19.3 Å². The third kappa shape index (κ3) is 2.92. The summed E-state index contributed by atoms with van der Waals surface area (Å²) in [7, 11) is 1.96. The topological polar surface area (TPSA) is 50.7 Å². The first-order chi connectivity index (χ1) is 13.5. The minimum absolute atomic E-state index is 0.230. The molecule has 2 saturated heterocycles. The summed E-state index contributed by atoms with van der Waals surface area (Å²) in [6.45, 7) is 3.02. The van der Waals surface area contributed by atoms with Crippen molar-refractivity contribution >= 4 is 44.3 Å². The monoisotopic (exact) mass is 470 g/mol. The molecule has 0 N–H and O–H groups in total. The van der Waals surface area contributed by atoms with E-state index in [2.05, 4.69) is 30.8 Å². The molecule has 1 aromatic carbocycles. The van der Waals surface area contributed by atoms with Gasteiger partial charge in [0.1, 0.15) is 25.2 Å². The number of benzene rings is 1. The van der Waals surface area contributed by atoms with E-state index >= 15 is 0 Å². The van der Waals surface area contributed by atoms with E-state index in [4.69, 9.17) is 21.1 Å². The summed E-state index contributed by atoms with van der Waals surface area (Å²) < 4.78 is 26.7. The fourth-order valence-electron chi connectivity index (χ4n) is 4.68. The number of rotatable bonds is 3. The number of hydrogen-bond acceptors (Lipinski definition) is 6. The van der Waals surface area contributed by atoms with Gasteiger partial charge in [0, 0.05) is 24.5 Å². The summed E-state index contributed by atoms with van der Waals surface area (Å²) in [6, 6.07) is 2.16. The molecule has 150 valence electrons. The van der Waals surface area contributed by atoms with Gasteiger partial charge in [0.05, 0.1) is 28.0 Å². The molecule has 0 unspecified atom stereocenters. The molecular formula is C19H21BrClFN4O2. The number of likely N-dealkylation sites (N-methyl/N-ethyl adjacent to an activating group) is 1. The molecule has 3 aliphatic heterocycles. The molecule has 0 bridgehead atoms. The Balaban J connectivity index is 1.52. The van der Waals surface area contributed by atoms with E-state index in [9.17, 15) is 4.39 Å². The van der Waals surface area contributed by atoms with Crippen molar-refractivity contribution in [1.82, 2.24) is 14.9 Å². The predicted molar refractivity (Wildman–Crippen MR) is 110 cm³/mol. The Kier molecular flexibility index (Phi) is 4.56. The van der Waals surface area contributed by atoms with E-state index in [1.54, 1.807) is 0 Å². The van der Waals surface area contributed by atoms with E-state index in [-0.39, 0.29) is 5.54 Å². The van der Waals surface area contributed by atoms with Crippen molar-refractivity contribution in [3.05, 3.63) is 15.6 Å². The first-order valence-electron chi connectivity index (χ1n) is 9.52. The molecule has 2 atom stereocenters. The number of ether oxygens (including phenoxy) is 2. The zero-order valence-corrected chi connectivity index (χ0v) is 17.9. The van der Waals surface area contributed by atoms with Gasteiger partial charge in [-0.15, -0.1) is 0 Å². The van der Waals surface area contributed by atoms with Gasteiger partial charge in [-0.3, -0.25) is 4.90 Å². The summed E-state index contributed by atoms with van der Waals surface area (Å²) in [5.74, 6) is 1.33. The highest BCUT2D eigenvalue weighted by molar-refractivity contribution is 9.10. The average Bonchev–Trinajstić information content (AvgIpc) is 3.12. The van der Waals surface area contributed by atoms with Gasteiger partial charge in [0.2, 0.25) is 0 Å². The van der Waals surface area contributed by atoms with Crippen molar-refractivity contribution < 1.29 is 13.9 Å². The van der Waals surface area contributed by atoms with Crippen LogP contribution in [0.25, 0.3) is 10.9 Å². The molecule has 2 aromatic rings. The zero-order chi connectivity index (χ0) is 19.5. The highest BCUT2D eigenvalue weighted by Gasteiger charge is 2.49. The summed E-state index contributed by atoms with van der Waals surface area (Å²) in [6.07, 6.45) is 1.77. The minimum atomic E-state index is -0.782. The largest absolute Gasteiger partial charge is 0.489 e. The molecule has 1 aromatic heterocycles. The summed E-state index contributed by atoms with van der Waals surface area (Å²) in [5.41, 5.74) is 0.475. The summed E-state index contributed by atoms with van der Waals surface area (Å²) in [5, 5.41) is 1.30. The maximum atomic E-state index is 14.0. The number of hydrogen-bond donors (Lipinski definition) is 0. The molecule has 3 aliphatic rings. The van der Waals surface area contributed by atoms with Crippen LogP contribution in [0.5, 0.6) is 11.8 Å². The summed E-state index contributed by atoms with van der Waals surface area (Å²) >= 11 is 9.92. The van der Waals surface area contributed by atoms with Gasteiger partial charge < -0.3 is 14.4 Å². The van der Waals surface area contributed by atoms with Crippen molar-refractivity contribution in [2.24, 2.45) is 0 Å². The van der Waals surface area contributed by atoms with Crippen LogP contribution in [-0.2, 0) is 0 Å². The molecule has 28 heavy (non-hydrogen) atoms. The first-order valence-corrected chi connectivity index (χ1v) is 10.7. The molecule has 9 heteroatoms. The van der Waals surface area contributed by atoms with Gasteiger partial charge >= 0.3 is 6.01 Å². The predicted octanol–water partition coefficient (Wildman–Crippen LogP) is 3.83. The van der Waals surface area contributed by atoms with Crippen LogP contribution in [-0.4, -0.2) is 66.5 Å². The number of fused-ring (bicyclic) bond motifs is 1. The second-order valence-electron chi connectivity index (χ2n) is 7.86. The second kappa shape index (κ2) is 6.85. The number of aromatic nitrogens is 2. The molecule has 0 spiro atoms. The van der Waals surface area contributed by atoms with Crippen LogP contribution in [0, 0.1) is 0 Å². The van der Waals surface area contributed by atoms with Gasteiger partial charge in [-0.05, 0) is 41.4 Å². The molecule has 4 heterocycles. The standard InChI is InChI=1S/C19H21BrClFN4O2/c1-25-5-6-27-16-14-13(7-12(20)15(16)21)23-18(24-17(14)25)28-10-19-3-2-4-26(19)9-11(22)8-19/h7,11H,2-6,8-10H2,1H3/t11-,19+/m1/s1. The highest BCUT2D eigenvalue weighted by Crippen LogP contribution is 2.44. The number of alkyl halides is 1. The third-order valence-electron chi connectivity index (χ3n) is 6.06. The van der Waals surface area contributed by atoms with Gasteiger partial charge in [0.25, 0.3) is 0 Å². The van der Waals surface area contributed by atoms with Crippen molar-refractivity contribution in [3.63, 3.8) is 0 Å². The molecule has 0 radical (unpaired) electrons. The molecule has 0 aliphatic carbocycles. The van der Waals surface area contributed by atoms with Crippen LogP contribution >= 0.6 is 27.5 Å². The minimum Gasteiger partial charge on any atom is -0.489 e.